The van der Waals surface area contributed by atoms with Crippen LogP contribution in [0.4, 0.5) is 0 Å². The van der Waals surface area contributed by atoms with Gasteiger partial charge in [-0.15, -0.1) is 0 Å². The van der Waals surface area contributed by atoms with Gasteiger partial charge in [0.15, 0.2) is 5.69 Å². The molecule has 2 aromatic carbocycles. The molecular formula is C23H24N4O3. The summed E-state index contributed by atoms with van der Waals surface area (Å²) in [5, 5.41) is 9.22. The summed E-state index contributed by atoms with van der Waals surface area (Å²) in [6.07, 6.45) is 6.72. The lowest BCUT2D eigenvalue weighted by atomic mass is 10.1. The third-order valence-electron chi connectivity index (χ3n) is 4.55. The first-order valence-electron chi connectivity index (χ1n) is 9.78. The maximum Gasteiger partial charge on any atom is 0.292 e. The molecule has 0 bridgehead atoms. The fourth-order valence-corrected chi connectivity index (χ4v) is 3.00. The zero-order valence-corrected chi connectivity index (χ0v) is 17.0. The van der Waals surface area contributed by atoms with Gasteiger partial charge in [0.1, 0.15) is 5.75 Å². The van der Waals surface area contributed by atoms with Gasteiger partial charge in [0.25, 0.3) is 11.5 Å². The molecule has 0 aliphatic heterocycles. The van der Waals surface area contributed by atoms with E-state index >= 15 is 0 Å². The Balaban J connectivity index is 1.79. The summed E-state index contributed by atoms with van der Waals surface area (Å²) >= 11 is 0. The van der Waals surface area contributed by atoms with Crippen molar-refractivity contribution < 1.29 is 9.53 Å². The summed E-state index contributed by atoms with van der Waals surface area (Å²) < 4.78 is 6.64. The van der Waals surface area contributed by atoms with E-state index in [1.165, 1.54) is 10.9 Å². The second kappa shape index (κ2) is 10.2. The highest BCUT2D eigenvalue weighted by molar-refractivity contribution is 6.04. The third-order valence-corrected chi connectivity index (χ3v) is 4.55. The lowest BCUT2D eigenvalue weighted by Gasteiger charge is -2.09. The number of unbranched alkanes of at least 4 members (excludes halogenated alkanes) is 1. The molecule has 3 aromatic rings. The maximum atomic E-state index is 12.7. The predicted molar refractivity (Wildman–Crippen MR) is 119 cm³/mol. The standard InChI is InChI=1S/C23H24N4O3/c1-3-4-16-27-23(29)19-13-7-6-12-18(19)21(26-27)22(28)25-24-15-9-11-17-10-5-8-14-20(17)30-2/h5-15H,3-4,16H2,1-2H3,(H,25,28)/b11-9+,24-15+. The van der Waals surface area contributed by atoms with Crippen LogP contribution in [0.5, 0.6) is 5.75 Å². The monoisotopic (exact) mass is 404 g/mol. The van der Waals surface area contributed by atoms with Crippen LogP contribution in [0.15, 0.2) is 64.5 Å². The number of para-hydroxylation sites is 1. The van der Waals surface area contributed by atoms with Gasteiger partial charge in [0.2, 0.25) is 0 Å². The molecule has 0 unspecified atom stereocenters. The molecule has 0 radical (unpaired) electrons. The number of carbonyl (C=O) groups is 1. The fourth-order valence-electron chi connectivity index (χ4n) is 3.00. The van der Waals surface area contributed by atoms with Crippen LogP contribution in [0, 0.1) is 0 Å². The quantitative estimate of drug-likeness (QED) is 0.459. The largest absolute Gasteiger partial charge is 0.496 e. The number of ether oxygens (including phenoxy) is 1. The Morgan fingerprint density at radius 3 is 2.67 bits per heavy atom. The number of hydrazone groups is 1. The highest BCUT2D eigenvalue weighted by Gasteiger charge is 2.16. The summed E-state index contributed by atoms with van der Waals surface area (Å²) in [5.41, 5.74) is 3.35. The number of fused-ring (bicyclic) bond motifs is 1. The summed E-state index contributed by atoms with van der Waals surface area (Å²) in [4.78, 5) is 25.3. The van der Waals surface area contributed by atoms with Gasteiger partial charge in [0, 0.05) is 23.7 Å². The first-order chi connectivity index (χ1) is 14.7. The van der Waals surface area contributed by atoms with E-state index in [9.17, 15) is 9.59 Å². The van der Waals surface area contributed by atoms with Crippen LogP contribution in [0.1, 0.15) is 35.8 Å². The number of hydrogen-bond donors (Lipinski definition) is 1. The molecule has 1 amide bonds. The number of nitrogens with one attached hydrogen (secondary N) is 1. The van der Waals surface area contributed by atoms with Gasteiger partial charge in [0.05, 0.1) is 12.5 Å². The summed E-state index contributed by atoms with van der Waals surface area (Å²) in [5.74, 6) is 0.273. The van der Waals surface area contributed by atoms with Crippen molar-refractivity contribution in [2.75, 3.05) is 7.11 Å². The highest BCUT2D eigenvalue weighted by Crippen LogP contribution is 2.18. The molecule has 1 heterocycles. The van der Waals surface area contributed by atoms with Crippen molar-refractivity contribution in [3.05, 3.63) is 76.2 Å². The molecule has 0 saturated heterocycles. The van der Waals surface area contributed by atoms with Crippen molar-refractivity contribution in [1.29, 1.82) is 0 Å². The molecular weight excluding hydrogens is 380 g/mol. The molecule has 0 fully saturated rings. The van der Waals surface area contributed by atoms with Crippen molar-refractivity contribution in [1.82, 2.24) is 15.2 Å². The van der Waals surface area contributed by atoms with Crippen molar-refractivity contribution in [2.24, 2.45) is 5.10 Å². The average molecular weight is 404 g/mol. The number of amides is 1. The Morgan fingerprint density at radius 1 is 1.17 bits per heavy atom. The number of aryl methyl sites for hydroxylation is 1. The van der Waals surface area contributed by atoms with Gasteiger partial charge < -0.3 is 4.74 Å². The summed E-state index contributed by atoms with van der Waals surface area (Å²) in [7, 11) is 1.61. The minimum absolute atomic E-state index is 0.173. The average Bonchev–Trinajstić information content (AvgIpc) is 2.78. The number of methoxy groups -OCH3 is 1. The van der Waals surface area contributed by atoms with Gasteiger partial charge in [-0.2, -0.15) is 10.2 Å². The van der Waals surface area contributed by atoms with E-state index in [-0.39, 0.29) is 11.3 Å². The smallest absolute Gasteiger partial charge is 0.292 e. The van der Waals surface area contributed by atoms with Crippen molar-refractivity contribution >= 4 is 29.0 Å². The topological polar surface area (TPSA) is 85.6 Å². The number of hydrogen-bond acceptors (Lipinski definition) is 5. The Morgan fingerprint density at radius 2 is 1.90 bits per heavy atom. The number of rotatable bonds is 8. The van der Waals surface area contributed by atoms with Gasteiger partial charge in [-0.25, -0.2) is 10.1 Å². The Kier molecular flexibility index (Phi) is 7.10. The van der Waals surface area contributed by atoms with Crippen LogP contribution in [-0.2, 0) is 6.54 Å². The van der Waals surface area contributed by atoms with E-state index in [0.717, 1.165) is 24.2 Å². The lowest BCUT2D eigenvalue weighted by molar-refractivity contribution is 0.0949. The molecule has 0 saturated carbocycles. The van der Waals surface area contributed by atoms with Crippen molar-refractivity contribution in [2.45, 2.75) is 26.3 Å². The normalized spacial score (nSPS) is 11.4. The van der Waals surface area contributed by atoms with Gasteiger partial charge in [-0.1, -0.05) is 49.7 Å². The molecule has 30 heavy (non-hydrogen) atoms. The Hall–Kier alpha value is -3.74. The first kappa shape index (κ1) is 21.0. The van der Waals surface area contributed by atoms with Crippen LogP contribution < -0.4 is 15.7 Å². The Labute approximate surface area is 174 Å². The van der Waals surface area contributed by atoms with Gasteiger partial charge in [-0.3, -0.25) is 9.59 Å². The molecule has 1 N–H and O–H groups in total. The zero-order chi connectivity index (χ0) is 21.3. The molecule has 0 aliphatic carbocycles. The number of nitrogens with zero attached hydrogens (tertiary/aromatic N) is 3. The maximum absolute atomic E-state index is 12.7. The van der Waals surface area contributed by atoms with Crippen LogP contribution in [0.2, 0.25) is 0 Å². The molecule has 1 aromatic heterocycles. The first-order valence-corrected chi connectivity index (χ1v) is 9.78. The summed E-state index contributed by atoms with van der Waals surface area (Å²) in [6.45, 7) is 2.50. The van der Waals surface area contributed by atoms with Gasteiger partial charge in [-0.05, 0) is 30.7 Å². The van der Waals surface area contributed by atoms with E-state index in [2.05, 4.69) is 15.6 Å². The molecule has 0 aliphatic rings. The van der Waals surface area contributed by atoms with E-state index in [4.69, 9.17) is 4.74 Å². The minimum Gasteiger partial charge on any atom is -0.496 e. The summed E-state index contributed by atoms with van der Waals surface area (Å²) in [6, 6.07) is 14.5. The van der Waals surface area contributed by atoms with E-state index in [1.54, 1.807) is 37.5 Å². The van der Waals surface area contributed by atoms with Crippen molar-refractivity contribution in [3.63, 3.8) is 0 Å². The predicted octanol–water partition coefficient (Wildman–Crippen LogP) is 3.63. The Bertz CT molecular complexity index is 1150. The van der Waals surface area contributed by atoms with E-state index in [1.807, 2.05) is 37.3 Å². The number of carbonyl (C=O) groups excluding carboxylic acids is 1. The second-order valence-electron chi connectivity index (χ2n) is 6.60. The molecule has 7 nitrogen and oxygen atoms in total. The van der Waals surface area contributed by atoms with E-state index < -0.39 is 5.91 Å². The fraction of sp³-hybridized carbons (Fsp3) is 0.217. The van der Waals surface area contributed by atoms with Crippen LogP contribution in [0.3, 0.4) is 0 Å². The molecule has 3 rings (SSSR count). The molecule has 0 atom stereocenters. The number of aromatic nitrogens is 2. The van der Waals surface area contributed by atoms with Crippen LogP contribution in [-0.4, -0.2) is 29.0 Å². The molecule has 154 valence electrons. The SMILES string of the molecule is CCCCn1nc(C(=O)N/N=C/C=C/c2ccccc2OC)c2ccccc2c1=O. The van der Waals surface area contributed by atoms with Gasteiger partial charge >= 0.3 is 0 Å². The molecule has 0 spiro atoms. The highest BCUT2D eigenvalue weighted by atomic mass is 16.5. The van der Waals surface area contributed by atoms with Crippen LogP contribution in [0.25, 0.3) is 16.8 Å². The van der Waals surface area contributed by atoms with Crippen LogP contribution >= 0.6 is 0 Å². The zero-order valence-electron chi connectivity index (χ0n) is 17.0. The number of allylic oxidation sites excluding steroid dienone is 1. The minimum atomic E-state index is -0.474. The lowest BCUT2D eigenvalue weighted by Crippen LogP contribution is -2.29. The number of benzene rings is 2. The second-order valence-corrected chi connectivity index (χ2v) is 6.60. The molecule has 7 heteroatoms. The third kappa shape index (κ3) is 4.81. The van der Waals surface area contributed by atoms with E-state index in [0.29, 0.717) is 17.3 Å². The van der Waals surface area contributed by atoms with Crippen molar-refractivity contribution in [3.8, 4) is 5.75 Å².